The third-order valence-corrected chi connectivity index (χ3v) is 8.16. The van der Waals surface area contributed by atoms with E-state index in [0.29, 0.717) is 11.3 Å². The van der Waals surface area contributed by atoms with Crippen LogP contribution >= 0.6 is 0 Å². The van der Waals surface area contributed by atoms with Crippen molar-refractivity contribution < 1.29 is 9.90 Å². The number of hydrogen-bond donors (Lipinski definition) is 1. The Hall–Kier alpha value is -1.05. The fraction of sp³-hybridized carbons (Fsp3) is 0.762. The highest BCUT2D eigenvalue weighted by atomic mass is 16.4. The van der Waals surface area contributed by atoms with Crippen molar-refractivity contribution in [3.63, 3.8) is 0 Å². The second kappa shape index (κ2) is 5.22. The van der Waals surface area contributed by atoms with Gasteiger partial charge in [0.2, 0.25) is 0 Å². The zero-order valence-corrected chi connectivity index (χ0v) is 14.6. The van der Waals surface area contributed by atoms with Crippen LogP contribution in [0.25, 0.3) is 0 Å². The molecule has 2 nitrogen and oxygen atoms in total. The number of allylic oxidation sites excluding steroid dienone is 3. The van der Waals surface area contributed by atoms with E-state index in [1.165, 1.54) is 63.0 Å². The number of rotatable bonds is 1. The summed E-state index contributed by atoms with van der Waals surface area (Å²) in [5.74, 6) is 1.56. The molecule has 4 aliphatic carbocycles. The Bertz CT molecular complexity index is 587. The number of carboxylic acid groups (broad SMARTS) is 1. The molecule has 5 atom stereocenters. The van der Waals surface area contributed by atoms with E-state index in [4.69, 9.17) is 0 Å². The van der Waals surface area contributed by atoms with Gasteiger partial charge in [-0.15, -0.1) is 0 Å². The van der Waals surface area contributed by atoms with Crippen molar-refractivity contribution in [1.29, 1.82) is 0 Å². The fourth-order valence-electron chi connectivity index (χ4n) is 6.93. The number of carbonyl (C=O) groups is 1. The van der Waals surface area contributed by atoms with Gasteiger partial charge in [0, 0.05) is 6.08 Å². The largest absolute Gasteiger partial charge is 0.478 e. The maximum Gasteiger partial charge on any atom is 0.328 e. The lowest BCUT2D eigenvalue weighted by molar-refractivity contribution is -0.131. The first-order valence-electron chi connectivity index (χ1n) is 9.58. The Morgan fingerprint density at radius 3 is 2.70 bits per heavy atom. The second-order valence-electron chi connectivity index (χ2n) is 8.97. The summed E-state index contributed by atoms with van der Waals surface area (Å²) < 4.78 is 0. The Labute approximate surface area is 140 Å². The van der Waals surface area contributed by atoms with Gasteiger partial charge < -0.3 is 5.11 Å². The lowest BCUT2D eigenvalue weighted by Crippen LogP contribution is -2.48. The summed E-state index contributed by atoms with van der Waals surface area (Å²) in [4.78, 5) is 11.2. The molecule has 0 amide bonds. The van der Waals surface area contributed by atoms with Crippen LogP contribution < -0.4 is 0 Å². The topological polar surface area (TPSA) is 37.3 Å². The van der Waals surface area contributed by atoms with Crippen LogP contribution in [0.2, 0.25) is 0 Å². The Morgan fingerprint density at radius 2 is 1.91 bits per heavy atom. The minimum atomic E-state index is -0.755. The second-order valence-corrected chi connectivity index (χ2v) is 8.97. The van der Waals surface area contributed by atoms with E-state index < -0.39 is 5.97 Å². The maximum atomic E-state index is 11.2. The van der Waals surface area contributed by atoms with Crippen LogP contribution in [0, 0.1) is 28.6 Å². The van der Waals surface area contributed by atoms with E-state index in [1.807, 2.05) is 0 Å². The summed E-state index contributed by atoms with van der Waals surface area (Å²) in [6, 6.07) is 0. The molecule has 0 bridgehead atoms. The highest BCUT2D eigenvalue weighted by Gasteiger charge is 2.56. The molecule has 2 heteroatoms. The molecule has 0 aromatic rings. The molecule has 1 N–H and O–H groups in total. The number of hydrogen-bond acceptors (Lipinski definition) is 1. The van der Waals surface area contributed by atoms with Gasteiger partial charge in [-0.25, -0.2) is 4.79 Å². The third kappa shape index (κ3) is 2.16. The Kier molecular flexibility index (Phi) is 3.52. The molecular formula is C21H30O2. The van der Waals surface area contributed by atoms with Gasteiger partial charge in [-0.3, -0.25) is 0 Å². The van der Waals surface area contributed by atoms with E-state index in [2.05, 4.69) is 19.9 Å². The summed E-state index contributed by atoms with van der Waals surface area (Å²) in [7, 11) is 0. The van der Waals surface area contributed by atoms with Gasteiger partial charge in [0.25, 0.3) is 0 Å². The normalized spacial score (nSPS) is 47.5. The van der Waals surface area contributed by atoms with Crippen LogP contribution in [-0.4, -0.2) is 11.1 Å². The van der Waals surface area contributed by atoms with E-state index in [1.54, 1.807) is 5.57 Å². The summed E-state index contributed by atoms with van der Waals surface area (Å²) in [5, 5.41) is 9.22. The summed E-state index contributed by atoms with van der Waals surface area (Å²) in [6.07, 6.45) is 15.5. The highest BCUT2D eigenvalue weighted by Crippen LogP contribution is 2.66. The maximum absolute atomic E-state index is 11.2. The molecule has 0 spiro atoms. The molecule has 0 radical (unpaired) electrons. The zero-order chi connectivity index (χ0) is 16.2. The van der Waals surface area contributed by atoms with Crippen molar-refractivity contribution in [3.8, 4) is 0 Å². The van der Waals surface area contributed by atoms with Crippen molar-refractivity contribution in [2.24, 2.45) is 28.6 Å². The van der Waals surface area contributed by atoms with Crippen LogP contribution in [0.1, 0.15) is 71.6 Å². The monoisotopic (exact) mass is 314 g/mol. The minimum Gasteiger partial charge on any atom is -0.478 e. The zero-order valence-electron chi connectivity index (χ0n) is 14.6. The molecule has 23 heavy (non-hydrogen) atoms. The quantitative estimate of drug-likeness (QED) is 0.523. The van der Waals surface area contributed by atoms with Crippen molar-refractivity contribution in [2.75, 3.05) is 0 Å². The van der Waals surface area contributed by atoms with Gasteiger partial charge in [-0.05, 0) is 80.0 Å². The molecule has 0 aliphatic heterocycles. The lowest BCUT2D eigenvalue weighted by atomic mass is 9.48. The molecule has 4 rings (SSSR count). The number of aliphatic carboxylic acids is 1. The summed E-state index contributed by atoms with van der Waals surface area (Å²) >= 11 is 0. The first-order chi connectivity index (χ1) is 10.9. The molecule has 3 saturated carbocycles. The van der Waals surface area contributed by atoms with Gasteiger partial charge in [0.1, 0.15) is 0 Å². The van der Waals surface area contributed by atoms with Gasteiger partial charge in [-0.2, -0.15) is 0 Å². The van der Waals surface area contributed by atoms with Gasteiger partial charge in [0.15, 0.2) is 0 Å². The molecular weight excluding hydrogens is 284 g/mol. The molecule has 0 saturated heterocycles. The molecule has 0 aromatic heterocycles. The van der Waals surface area contributed by atoms with Gasteiger partial charge in [-0.1, -0.05) is 37.5 Å². The molecule has 126 valence electrons. The first kappa shape index (κ1) is 15.5. The number of fused-ring (bicyclic) bond motifs is 5. The molecule has 4 aliphatic rings. The van der Waals surface area contributed by atoms with E-state index in [0.717, 1.165) is 18.3 Å². The summed E-state index contributed by atoms with van der Waals surface area (Å²) in [5.41, 5.74) is 3.57. The molecule has 3 fully saturated rings. The number of carboxylic acids is 1. The van der Waals surface area contributed by atoms with Crippen LogP contribution in [-0.2, 0) is 4.79 Å². The van der Waals surface area contributed by atoms with Crippen LogP contribution in [0.15, 0.2) is 23.3 Å². The summed E-state index contributed by atoms with van der Waals surface area (Å²) in [6.45, 7) is 4.90. The van der Waals surface area contributed by atoms with Gasteiger partial charge in [0.05, 0.1) is 0 Å². The van der Waals surface area contributed by atoms with E-state index in [9.17, 15) is 9.90 Å². The average molecular weight is 314 g/mol. The smallest absolute Gasteiger partial charge is 0.328 e. The highest BCUT2D eigenvalue weighted by molar-refractivity contribution is 5.81. The third-order valence-electron chi connectivity index (χ3n) is 8.16. The van der Waals surface area contributed by atoms with Gasteiger partial charge >= 0.3 is 5.97 Å². The molecule has 0 aromatic carbocycles. The lowest BCUT2D eigenvalue weighted by Gasteiger charge is -2.57. The van der Waals surface area contributed by atoms with Crippen LogP contribution in [0.4, 0.5) is 0 Å². The Morgan fingerprint density at radius 1 is 1.13 bits per heavy atom. The van der Waals surface area contributed by atoms with Crippen molar-refractivity contribution in [2.45, 2.75) is 71.6 Å². The predicted octanol–water partition coefficient (Wildman–Crippen LogP) is 5.35. The van der Waals surface area contributed by atoms with Crippen molar-refractivity contribution >= 4 is 5.97 Å². The minimum absolute atomic E-state index is 0.149. The van der Waals surface area contributed by atoms with Crippen LogP contribution in [0.5, 0.6) is 0 Å². The SMILES string of the molecule is C[C@]12CCCCC1=CC[C@@H]1[C@@H]2CC[C@]2(C)C(=CC(=O)O)CC[C@@H]12. The fourth-order valence-corrected chi connectivity index (χ4v) is 6.93. The van der Waals surface area contributed by atoms with Crippen molar-refractivity contribution in [1.82, 2.24) is 0 Å². The Balaban J connectivity index is 1.68. The molecule has 0 unspecified atom stereocenters. The van der Waals surface area contributed by atoms with E-state index >= 15 is 0 Å². The molecule has 0 heterocycles. The van der Waals surface area contributed by atoms with E-state index in [-0.39, 0.29) is 5.41 Å². The standard InChI is InChI=1S/C21H30O2/c1-20-11-4-3-5-14(20)6-8-16-17-9-7-15(13-19(22)23)21(17,2)12-10-18(16)20/h6,13,16-18H,3-5,7-12H2,1-2H3,(H,22,23)/t16-,17-,18-,20-,21+/m0/s1. The van der Waals surface area contributed by atoms with Crippen molar-refractivity contribution in [3.05, 3.63) is 23.3 Å². The first-order valence-corrected chi connectivity index (χ1v) is 9.58. The van der Waals surface area contributed by atoms with Crippen LogP contribution in [0.3, 0.4) is 0 Å². The predicted molar refractivity (Wildman–Crippen MR) is 92.0 cm³/mol. The average Bonchev–Trinajstić information content (AvgIpc) is 2.83.